The van der Waals surface area contributed by atoms with Crippen molar-refractivity contribution in [1.82, 2.24) is 14.8 Å². The molecule has 1 N–H and O–H groups in total. The molecule has 0 atom stereocenters. The second-order valence-electron chi connectivity index (χ2n) is 7.41. The normalized spacial score (nSPS) is 14.1. The van der Waals surface area contributed by atoms with Crippen molar-refractivity contribution in [3.05, 3.63) is 47.0 Å². The Morgan fingerprint density at radius 2 is 2.10 bits per heavy atom. The molecule has 9 heteroatoms. The van der Waals surface area contributed by atoms with Crippen molar-refractivity contribution >= 4 is 28.4 Å². The van der Waals surface area contributed by atoms with Crippen LogP contribution < -0.4 is 10.2 Å². The summed E-state index contributed by atoms with van der Waals surface area (Å²) in [5.74, 6) is -0.735. The third kappa shape index (κ3) is 4.18. The van der Waals surface area contributed by atoms with Crippen LogP contribution in [0.3, 0.4) is 0 Å². The molecule has 2 aromatic heterocycles. The molecule has 1 fully saturated rings. The lowest BCUT2D eigenvalue weighted by atomic mass is 10.1. The Balaban J connectivity index is 1.63. The number of aryl methyl sites for hydroxylation is 2. The van der Waals surface area contributed by atoms with Crippen LogP contribution in [0.1, 0.15) is 28.5 Å². The van der Waals surface area contributed by atoms with E-state index in [1.807, 2.05) is 17.9 Å². The number of hydrogen-bond acceptors (Lipinski definition) is 7. The average molecular weight is 427 g/mol. The Morgan fingerprint density at radius 1 is 1.32 bits per heavy atom. The van der Waals surface area contributed by atoms with E-state index in [4.69, 9.17) is 9.47 Å². The van der Waals surface area contributed by atoms with Crippen molar-refractivity contribution < 1.29 is 18.7 Å². The van der Waals surface area contributed by atoms with E-state index in [0.717, 1.165) is 16.6 Å². The Labute approximate surface area is 180 Å². The molecule has 0 saturated carbocycles. The maximum atomic E-state index is 14.8. The van der Waals surface area contributed by atoms with Gasteiger partial charge in [-0.05, 0) is 31.5 Å². The summed E-state index contributed by atoms with van der Waals surface area (Å²) < 4.78 is 27.0. The first-order valence-electron chi connectivity index (χ1n) is 10.3. The van der Waals surface area contributed by atoms with E-state index in [1.165, 1.54) is 12.3 Å². The van der Waals surface area contributed by atoms with E-state index in [0.29, 0.717) is 55.4 Å². The van der Waals surface area contributed by atoms with Crippen LogP contribution in [0.15, 0.2) is 24.4 Å². The van der Waals surface area contributed by atoms with Gasteiger partial charge in [0.05, 0.1) is 42.3 Å². The molecule has 1 aliphatic rings. The minimum atomic E-state index is -0.462. The number of benzene rings is 1. The first-order chi connectivity index (χ1) is 15.0. The van der Waals surface area contributed by atoms with Gasteiger partial charge in [0.2, 0.25) is 0 Å². The maximum absolute atomic E-state index is 14.8. The summed E-state index contributed by atoms with van der Waals surface area (Å²) in [6, 6.07) is 5.21. The van der Waals surface area contributed by atoms with Gasteiger partial charge >= 0.3 is 5.97 Å². The number of rotatable bonds is 6. The van der Waals surface area contributed by atoms with Crippen molar-refractivity contribution in [3.8, 4) is 0 Å². The van der Waals surface area contributed by atoms with Crippen molar-refractivity contribution in [3.63, 3.8) is 0 Å². The zero-order valence-corrected chi connectivity index (χ0v) is 17.9. The Bertz CT molecular complexity index is 1110. The molecule has 31 heavy (non-hydrogen) atoms. The molecule has 0 spiro atoms. The number of carbonyl (C=O) groups excluding carboxylic acids is 1. The van der Waals surface area contributed by atoms with Gasteiger partial charge in [0.25, 0.3) is 0 Å². The molecule has 0 aliphatic carbocycles. The van der Waals surface area contributed by atoms with Gasteiger partial charge in [0.1, 0.15) is 11.4 Å². The molecule has 0 radical (unpaired) electrons. The van der Waals surface area contributed by atoms with Gasteiger partial charge in [-0.3, -0.25) is 4.68 Å². The summed E-state index contributed by atoms with van der Waals surface area (Å²) >= 11 is 0. The number of carbonyl (C=O) groups is 1. The number of esters is 1. The lowest BCUT2D eigenvalue weighted by molar-refractivity contribution is 0.0527. The molecule has 3 heterocycles. The standard InChI is InChI=1S/C22H26FN5O3/c1-4-31-22(29)16-13-25-21-19(14(2)26-27(21)3)20(16)24-12-15-5-6-18(17(23)11-15)28-7-9-30-10-8-28/h5-6,11,13H,4,7-10,12H2,1-3H3,(H,24,25). The van der Waals surface area contributed by atoms with Crippen LogP contribution in [0.4, 0.5) is 15.8 Å². The lowest BCUT2D eigenvalue weighted by Crippen LogP contribution is -2.36. The Hall–Kier alpha value is -3.20. The van der Waals surface area contributed by atoms with Crippen molar-refractivity contribution in [2.75, 3.05) is 43.1 Å². The van der Waals surface area contributed by atoms with Gasteiger partial charge in [-0.2, -0.15) is 5.10 Å². The second-order valence-corrected chi connectivity index (χ2v) is 7.41. The van der Waals surface area contributed by atoms with E-state index in [1.54, 1.807) is 24.7 Å². The van der Waals surface area contributed by atoms with Gasteiger partial charge < -0.3 is 19.7 Å². The quantitative estimate of drug-likeness (QED) is 0.606. The Morgan fingerprint density at radius 3 is 2.81 bits per heavy atom. The number of aromatic nitrogens is 3. The topological polar surface area (TPSA) is 81.5 Å². The fourth-order valence-electron chi connectivity index (χ4n) is 3.87. The van der Waals surface area contributed by atoms with Crippen LogP contribution >= 0.6 is 0 Å². The lowest BCUT2D eigenvalue weighted by Gasteiger charge is -2.29. The highest BCUT2D eigenvalue weighted by Gasteiger charge is 2.21. The SMILES string of the molecule is CCOC(=O)c1cnc2c(c(C)nn2C)c1NCc1ccc(N2CCOCC2)c(F)c1. The summed E-state index contributed by atoms with van der Waals surface area (Å²) in [7, 11) is 1.80. The molecule has 3 aromatic rings. The number of hydrogen-bond donors (Lipinski definition) is 1. The first kappa shape index (κ1) is 21.0. The molecule has 1 aliphatic heterocycles. The zero-order valence-electron chi connectivity index (χ0n) is 17.9. The van der Waals surface area contributed by atoms with Gasteiger partial charge in [0.15, 0.2) is 5.65 Å². The molecule has 8 nitrogen and oxygen atoms in total. The third-order valence-corrected chi connectivity index (χ3v) is 5.36. The Kier molecular flexibility index (Phi) is 6.03. The van der Waals surface area contributed by atoms with Crippen LogP contribution in [0.25, 0.3) is 11.0 Å². The molecule has 164 valence electrons. The minimum absolute atomic E-state index is 0.260. The van der Waals surface area contributed by atoms with Gasteiger partial charge in [0, 0.05) is 32.9 Å². The molecule has 0 unspecified atom stereocenters. The highest BCUT2D eigenvalue weighted by atomic mass is 19.1. The summed E-state index contributed by atoms with van der Waals surface area (Å²) in [5.41, 5.74) is 3.65. The maximum Gasteiger partial charge on any atom is 0.341 e. The molecular formula is C22H26FN5O3. The third-order valence-electron chi connectivity index (χ3n) is 5.36. The summed E-state index contributed by atoms with van der Waals surface area (Å²) in [6.07, 6.45) is 1.49. The van der Waals surface area contributed by atoms with Crippen molar-refractivity contribution in [1.29, 1.82) is 0 Å². The fraction of sp³-hybridized carbons (Fsp3) is 0.409. The van der Waals surface area contributed by atoms with Gasteiger partial charge in [-0.1, -0.05) is 6.07 Å². The van der Waals surface area contributed by atoms with E-state index < -0.39 is 5.97 Å². The van der Waals surface area contributed by atoms with E-state index >= 15 is 0 Å². The van der Waals surface area contributed by atoms with Crippen molar-refractivity contribution in [2.45, 2.75) is 20.4 Å². The molecule has 4 rings (SSSR count). The van der Waals surface area contributed by atoms with Gasteiger partial charge in [-0.25, -0.2) is 14.2 Å². The van der Waals surface area contributed by atoms with E-state index in [9.17, 15) is 9.18 Å². The number of fused-ring (bicyclic) bond motifs is 1. The highest BCUT2D eigenvalue weighted by molar-refractivity contribution is 6.05. The molecule has 1 saturated heterocycles. The number of ether oxygens (including phenoxy) is 2. The largest absolute Gasteiger partial charge is 0.462 e. The zero-order chi connectivity index (χ0) is 22.0. The summed E-state index contributed by atoms with van der Waals surface area (Å²) in [4.78, 5) is 18.9. The highest BCUT2D eigenvalue weighted by Crippen LogP contribution is 2.30. The molecule has 0 bridgehead atoms. The van der Waals surface area contributed by atoms with Crippen molar-refractivity contribution in [2.24, 2.45) is 7.05 Å². The van der Waals surface area contributed by atoms with Crippen LogP contribution in [0, 0.1) is 12.7 Å². The number of halogens is 1. The molecule has 1 aromatic carbocycles. The van der Waals surface area contributed by atoms with Crippen LogP contribution in [-0.4, -0.2) is 53.6 Å². The molecule has 0 amide bonds. The smallest absolute Gasteiger partial charge is 0.341 e. The van der Waals surface area contributed by atoms with E-state index in [-0.39, 0.29) is 12.4 Å². The number of nitrogens with one attached hydrogen (secondary N) is 1. The van der Waals surface area contributed by atoms with Crippen LogP contribution in [0.5, 0.6) is 0 Å². The van der Waals surface area contributed by atoms with E-state index in [2.05, 4.69) is 15.4 Å². The van der Waals surface area contributed by atoms with Crippen LogP contribution in [0.2, 0.25) is 0 Å². The number of morpholine rings is 1. The fourth-order valence-corrected chi connectivity index (χ4v) is 3.87. The number of pyridine rings is 1. The average Bonchev–Trinajstić information content (AvgIpc) is 3.06. The van der Waals surface area contributed by atoms with Crippen LogP contribution in [-0.2, 0) is 23.1 Å². The predicted molar refractivity (Wildman–Crippen MR) is 116 cm³/mol. The second kappa shape index (κ2) is 8.89. The first-order valence-corrected chi connectivity index (χ1v) is 10.3. The number of anilines is 2. The minimum Gasteiger partial charge on any atom is -0.462 e. The summed E-state index contributed by atoms with van der Waals surface area (Å²) in [5, 5.41) is 8.46. The van der Waals surface area contributed by atoms with Gasteiger partial charge in [-0.15, -0.1) is 0 Å². The summed E-state index contributed by atoms with van der Waals surface area (Å²) in [6.45, 7) is 6.76. The monoisotopic (exact) mass is 427 g/mol. The number of nitrogens with zero attached hydrogens (tertiary/aromatic N) is 4. The predicted octanol–water partition coefficient (Wildman–Crippen LogP) is 3.04. The molecular weight excluding hydrogens is 401 g/mol.